The molecule has 1 saturated heterocycles. The predicted molar refractivity (Wildman–Crippen MR) is 135 cm³/mol. The molecule has 1 amide bonds. The lowest BCUT2D eigenvalue weighted by Crippen LogP contribution is -2.42. The fourth-order valence-electron chi connectivity index (χ4n) is 4.58. The first-order chi connectivity index (χ1) is 16.2. The average molecular weight is 502 g/mol. The standard InChI is InChI=1S/C25H31N3O4S2/c1-5-12-28-22-11-8-20(32-4)14-23(22)33-25(28)26-24(29)19-6-9-21(10-7-19)34(30,31)27-15-17(2)13-18(3)16-27/h6-11,14,17-18H,5,12-13,15-16H2,1-4H3. The molecule has 0 saturated carbocycles. The van der Waals surface area contributed by atoms with E-state index >= 15 is 0 Å². The van der Waals surface area contributed by atoms with Gasteiger partial charge >= 0.3 is 0 Å². The number of fused-ring (bicyclic) bond motifs is 1. The van der Waals surface area contributed by atoms with E-state index in [1.807, 2.05) is 22.8 Å². The van der Waals surface area contributed by atoms with Crippen LogP contribution in [0.25, 0.3) is 10.2 Å². The van der Waals surface area contributed by atoms with Gasteiger partial charge in [0.25, 0.3) is 5.91 Å². The summed E-state index contributed by atoms with van der Waals surface area (Å²) in [6.07, 6.45) is 1.93. The summed E-state index contributed by atoms with van der Waals surface area (Å²) in [5.74, 6) is 1.01. The van der Waals surface area contributed by atoms with Crippen molar-refractivity contribution in [1.29, 1.82) is 0 Å². The van der Waals surface area contributed by atoms with Crippen LogP contribution in [0.1, 0.15) is 44.0 Å². The molecule has 1 aliphatic heterocycles. The van der Waals surface area contributed by atoms with Gasteiger partial charge in [-0.05, 0) is 67.1 Å². The van der Waals surface area contributed by atoms with Crippen molar-refractivity contribution in [2.75, 3.05) is 20.2 Å². The van der Waals surface area contributed by atoms with Crippen LogP contribution in [0.2, 0.25) is 0 Å². The molecular weight excluding hydrogens is 470 g/mol. The van der Waals surface area contributed by atoms with Crippen LogP contribution >= 0.6 is 11.3 Å². The molecule has 7 nitrogen and oxygen atoms in total. The van der Waals surface area contributed by atoms with E-state index in [0.717, 1.165) is 35.4 Å². The average Bonchev–Trinajstić information content (AvgIpc) is 3.14. The zero-order chi connectivity index (χ0) is 24.5. The Morgan fingerprint density at radius 1 is 1.12 bits per heavy atom. The summed E-state index contributed by atoms with van der Waals surface area (Å²) in [5.41, 5.74) is 1.36. The maximum absolute atomic E-state index is 13.1. The van der Waals surface area contributed by atoms with Crippen LogP contribution in [0.4, 0.5) is 0 Å². The van der Waals surface area contributed by atoms with Crippen molar-refractivity contribution < 1.29 is 17.9 Å². The summed E-state index contributed by atoms with van der Waals surface area (Å²) in [4.78, 5) is 18.2. The lowest BCUT2D eigenvalue weighted by atomic mass is 9.94. The van der Waals surface area contributed by atoms with E-state index in [-0.39, 0.29) is 4.90 Å². The van der Waals surface area contributed by atoms with Gasteiger partial charge in [-0.2, -0.15) is 9.30 Å². The molecule has 1 fully saturated rings. The Hall–Kier alpha value is -2.49. The highest BCUT2D eigenvalue weighted by Gasteiger charge is 2.31. The highest BCUT2D eigenvalue weighted by molar-refractivity contribution is 7.89. The number of ether oxygens (including phenoxy) is 1. The molecule has 3 aromatic rings. The molecule has 182 valence electrons. The third-order valence-corrected chi connectivity index (χ3v) is 9.00. The molecule has 34 heavy (non-hydrogen) atoms. The van der Waals surface area contributed by atoms with Crippen molar-refractivity contribution >= 4 is 37.5 Å². The number of sulfonamides is 1. The van der Waals surface area contributed by atoms with E-state index in [4.69, 9.17) is 4.74 Å². The Labute approximate surface area is 204 Å². The Balaban J connectivity index is 1.63. The summed E-state index contributed by atoms with van der Waals surface area (Å²) in [6, 6.07) is 11.9. The SMILES string of the molecule is CCCn1c(=NC(=O)c2ccc(S(=O)(=O)N3CC(C)CC(C)C3)cc2)sc2cc(OC)ccc21. The van der Waals surface area contributed by atoms with Crippen LogP contribution in [-0.2, 0) is 16.6 Å². The Morgan fingerprint density at radius 3 is 2.41 bits per heavy atom. The van der Waals surface area contributed by atoms with Crippen molar-refractivity contribution in [1.82, 2.24) is 8.87 Å². The summed E-state index contributed by atoms with van der Waals surface area (Å²) < 4.78 is 36.2. The van der Waals surface area contributed by atoms with Crippen molar-refractivity contribution in [3.63, 3.8) is 0 Å². The highest BCUT2D eigenvalue weighted by atomic mass is 32.2. The molecule has 0 aliphatic carbocycles. The molecule has 9 heteroatoms. The minimum Gasteiger partial charge on any atom is -0.497 e. The van der Waals surface area contributed by atoms with E-state index in [0.29, 0.717) is 35.3 Å². The number of aryl methyl sites for hydroxylation is 1. The number of hydrogen-bond acceptors (Lipinski definition) is 5. The lowest BCUT2D eigenvalue weighted by Gasteiger charge is -2.34. The largest absolute Gasteiger partial charge is 0.497 e. The zero-order valence-electron chi connectivity index (χ0n) is 20.0. The first kappa shape index (κ1) is 24.6. The number of benzene rings is 2. The minimum atomic E-state index is -3.59. The van der Waals surface area contributed by atoms with Crippen LogP contribution in [-0.4, -0.2) is 43.4 Å². The Kier molecular flexibility index (Phi) is 7.25. The fraction of sp³-hybridized carbons (Fsp3) is 0.440. The van der Waals surface area contributed by atoms with Gasteiger partial charge < -0.3 is 9.30 Å². The van der Waals surface area contributed by atoms with Crippen LogP contribution in [0.3, 0.4) is 0 Å². The number of carbonyl (C=O) groups is 1. The number of methoxy groups -OCH3 is 1. The quantitative estimate of drug-likeness (QED) is 0.497. The van der Waals surface area contributed by atoms with Crippen molar-refractivity contribution in [2.24, 2.45) is 16.8 Å². The number of thiazole rings is 1. The topological polar surface area (TPSA) is 81.0 Å². The summed E-state index contributed by atoms with van der Waals surface area (Å²) in [6.45, 7) is 8.03. The lowest BCUT2D eigenvalue weighted by molar-refractivity contribution is 0.0997. The summed E-state index contributed by atoms with van der Waals surface area (Å²) >= 11 is 1.44. The Morgan fingerprint density at radius 2 is 1.79 bits per heavy atom. The number of aromatic nitrogens is 1. The van der Waals surface area contributed by atoms with Crippen molar-refractivity contribution in [3.8, 4) is 5.75 Å². The molecule has 0 spiro atoms. The molecule has 0 N–H and O–H groups in total. The normalized spacial score (nSPS) is 20.1. The molecule has 4 rings (SSSR count). The first-order valence-electron chi connectivity index (χ1n) is 11.6. The van der Waals surface area contributed by atoms with E-state index in [2.05, 4.69) is 25.8 Å². The van der Waals surface area contributed by atoms with E-state index in [1.165, 1.54) is 23.5 Å². The second kappa shape index (κ2) is 10.0. The Bertz CT molecular complexity index is 1350. The summed E-state index contributed by atoms with van der Waals surface area (Å²) in [5, 5.41) is 0. The maximum Gasteiger partial charge on any atom is 0.279 e. The fourth-order valence-corrected chi connectivity index (χ4v) is 7.34. The first-order valence-corrected chi connectivity index (χ1v) is 13.8. The third-order valence-electron chi connectivity index (χ3n) is 6.11. The van der Waals surface area contributed by atoms with Crippen LogP contribution in [0.5, 0.6) is 5.75 Å². The smallest absolute Gasteiger partial charge is 0.279 e. The number of carbonyl (C=O) groups excluding carboxylic acids is 1. The van der Waals surface area contributed by atoms with E-state index in [9.17, 15) is 13.2 Å². The molecule has 2 atom stereocenters. The van der Waals surface area contributed by atoms with Crippen LogP contribution in [0, 0.1) is 11.8 Å². The predicted octanol–water partition coefficient (Wildman–Crippen LogP) is 4.53. The maximum atomic E-state index is 13.1. The minimum absolute atomic E-state index is 0.209. The molecule has 0 bridgehead atoms. The summed E-state index contributed by atoms with van der Waals surface area (Å²) in [7, 11) is -1.96. The second-order valence-corrected chi connectivity index (χ2v) is 12.0. The van der Waals surface area contributed by atoms with Gasteiger partial charge in [-0.1, -0.05) is 32.1 Å². The van der Waals surface area contributed by atoms with Gasteiger partial charge in [0.15, 0.2) is 4.80 Å². The van der Waals surface area contributed by atoms with Crippen LogP contribution in [0.15, 0.2) is 52.4 Å². The van der Waals surface area contributed by atoms with Gasteiger partial charge in [-0.25, -0.2) is 8.42 Å². The number of piperidine rings is 1. The van der Waals surface area contributed by atoms with E-state index < -0.39 is 15.9 Å². The van der Waals surface area contributed by atoms with Crippen molar-refractivity contribution in [3.05, 3.63) is 52.8 Å². The molecule has 1 aromatic heterocycles. The van der Waals surface area contributed by atoms with Crippen molar-refractivity contribution in [2.45, 2.75) is 45.1 Å². The molecule has 2 unspecified atom stereocenters. The van der Waals surface area contributed by atoms with Gasteiger partial charge in [0.2, 0.25) is 10.0 Å². The van der Waals surface area contributed by atoms with Crippen LogP contribution < -0.4 is 9.54 Å². The van der Waals surface area contributed by atoms with E-state index in [1.54, 1.807) is 23.5 Å². The van der Waals surface area contributed by atoms with Gasteiger partial charge in [0.05, 0.1) is 22.2 Å². The monoisotopic (exact) mass is 501 g/mol. The number of amides is 1. The zero-order valence-corrected chi connectivity index (χ0v) is 21.7. The molecule has 2 heterocycles. The van der Waals surface area contributed by atoms with Gasteiger partial charge in [0.1, 0.15) is 5.75 Å². The highest BCUT2D eigenvalue weighted by Crippen LogP contribution is 2.27. The number of nitrogens with zero attached hydrogens (tertiary/aromatic N) is 3. The molecule has 0 radical (unpaired) electrons. The number of hydrogen-bond donors (Lipinski definition) is 0. The second-order valence-electron chi connectivity index (χ2n) is 9.08. The molecule has 2 aromatic carbocycles. The van der Waals surface area contributed by atoms with Gasteiger partial charge in [0, 0.05) is 25.2 Å². The molecular formula is C25H31N3O4S2. The van der Waals surface area contributed by atoms with Gasteiger partial charge in [-0.3, -0.25) is 4.79 Å². The number of rotatable bonds is 6. The third kappa shape index (κ3) is 4.96. The molecule has 1 aliphatic rings. The van der Waals surface area contributed by atoms with Gasteiger partial charge in [-0.15, -0.1) is 0 Å².